The second-order valence-electron chi connectivity index (χ2n) is 7.92. The number of hydrogen-bond acceptors (Lipinski definition) is 11. The first kappa shape index (κ1) is 26.4. The maximum absolute atomic E-state index is 13.3. The lowest BCUT2D eigenvalue weighted by molar-refractivity contribution is 0.101. The molecule has 10 nitrogen and oxygen atoms in total. The fourth-order valence-corrected chi connectivity index (χ4v) is 6.54. The maximum atomic E-state index is 13.3. The molecule has 0 amide bonds. The fraction of sp³-hybridized carbons (Fsp3) is 0.350. The summed E-state index contributed by atoms with van der Waals surface area (Å²) in [6.07, 6.45) is 1.47. The summed E-state index contributed by atoms with van der Waals surface area (Å²) in [4.78, 5) is 22.3. The van der Waals surface area contributed by atoms with Crippen LogP contribution in [0.2, 0.25) is 8.67 Å². The van der Waals surface area contributed by atoms with Crippen LogP contribution in [0.1, 0.15) is 44.6 Å². The summed E-state index contributed by atoms with van der Waals surface area (Å²) in [6.45, 7) is -0.248. The van der Waals surface area contributed by atoms with Crippen LogP contribution < -0.4 is 10.5 Å². The first-order valence-corrected chi connectivity index (χ1v) is 14.1. The molecule has 3 aromatic rings. The van der Waals surface area contributed by atoms with Gasteiger partial charge >= 0.3 is 10.3 Å². The van der Waals surface area contributed by atoms with Crippen molar-refractivity contribution in [3.8, 4) is 0 Å². The summed E-state index contributed by atoms with van der Waals surface area (Å²) in [5, 5.41) is 28.9. The number of thiophene rings is 2. The van der Waals surface area contributed by atoms with E-state index in [0.29, 0.717) is 27.6 Å². The van der Waals surface area contributed by atoms with Crippen molar-refractivity contribution in [2.75, 3.05) is 11.9 Å². The number of nitrogens with zero attached hydrogens (tertiary/aromatic N) is 2. The molecule has 0 spiro atoms. The molecular formula is C20H20Cl2N4O6S3. The maximum Gasteiger partial charge on any atom is 0.333 e. The summed E-state index contributed by atoms with van der Waals surface area (Å²) < 4.78 is 27.5. The number of aliphatic hydroxyl groups excluding tert-OH is 2. The molecule has 0 aliphatic heterocycles. The minimum atomic E-state index is -4.11. The number of ketones is 1. The van der Waals surface area contributed by atoms with Gasteiger partial charge in [-0.1, -0.05) is 23.2 Å². The van der Waals surface area contributed by atoms with Crippen LogP contribution in [0.4, 0.5) is 5.82 Å². The van der Waals surface area contributed by atoms with Crippen LogP contribution in [0.3, 0.4) is 0 Å². The molecule has 0 aromatic carbocycles. The lowest BCUT2D eigenvalue weighted by Gasteiger charge is -2.15. The van der Waals surface area contributed by atoms with Gasteiger partial charge in [0.2, 0.25) is 5.78 Å². The van der Waals surface area contributed by atoms with E-state index in [1.807, 2.05) is 0 Å². The normalized spacial score (nSPS) is 21.2. The molecule has 1 fully saturated rings. The van der Waals surface area contributed by atoms with Crippen molar-refractivity contribution >= 4 is 67.8 Å². The lowest BCUT2D eigenvalue weighted by atomic mass is 10.1. The second kappa shape index (κ2) is 10.7. The number of aromatic nitrogens is 2. The smallest absolute Gasteiger partial charge is 0.333 e. The van der Waals surface area contributed by atoms with Crippen LogP contribution in [-0.2, 0) is 14.5 Å². The number of hydrogen-bond donors (Lipinski definition) is 4. The molecule has 0 bridgehead atoms. The predicted octanol–water partition coefficient (Wildman–Crippen LogP) is 2.99. The van der Waals surface area contributed by atoms with Crippen LogP contribution in [0.25, 0.3) is 0 Å². The zero-order valence-corrected chi connectivity index (χ0v) is 21.8. The van der Waals surface area contributed by atoms with Gasteiger partial charge in [0.25, 0.3) is 0 Å². The largest absolute Gasteiger partial charge is 0.393 e. The SMILES string of the molecule is NS(=O)(=O)OC[C@H]1C[C@@H](Nc2ncncc2C(=O)c2cc([C@H](O)c3ccc(Cl)s3)c(Cl)s2)C[C@@H]1O. The summed E-state index contributed by atoms with van der Waals surface area (Å²) >= 11 is 14.5. The third-order valence-corrected chi connectivity index (χ3v) is 8.63. The summed E-state index contributed by atoms with van der Waals surface area (Å²) in [5.74, 6) is -0.597. The molecule has 3 aromatic heterocycles. The molecule has 188 valence electrons. The molecule has 0 unspecified atom stereocenters. The highest BCUT2D eigenvalue weighted by molar-refractivity contribution is 7.84. The zero-order valence-electron chi connectivity index (χ0n) is 17.8. The van der Waals surface area contributed by atoms with Crippen molar-refractivity contribution in [2.45, 2.75) is 31.1 Å². The van der Waals surface area contributed by atoms with Crippen molar-refractivity contribution in [3.05, 3.63) is 60.3 Å². The highest BCUT2D eigenvalue weighted by Crippen LogP contribution is 2.39. The Bertz CT molecular complexity index is 1330. The fourth-order valence-electron chi connectivity index (χ4n) is 3.83. The number of carbonyl (C=O) groups is 1. The van der Waals surface area contributed by atoms with Gasteiger partial charge in [0.05, 0.1) is 31.8 Å². The molecule has 15 heteroatoms. The van der Waals surface area contributed by atoms with Gasteiger partial charge in [0.15, 0.2) is 0 Å². The van der Waals surface area contributed by atoms with Crippen LogP contribution in [-0.4, -0.2) is 53.1 Å². The van der Waals surface area contributed by atoms with Crippen molar-refractivity contribution in [3.63, 3.8) is 0 Å². The number of nitrogens with one attached hydrogen (secondary N) is 1. The zero-order chi connectivity index (χ0) is 25.3. The summed E-state index contributed by atoms with van der Waals surface area (Å²) in [6, 6.07) is 4.59. The number of nitrogens with two attached hydrogens (primary N) is 1. The number of halogens is 2. The van der Waals surface area contributed by atoms with E-state index in [4.69, 9.17) is 28.3 Å². The van der Waals surface area contributed by atoms with E-state index in [0.717, 1.165) is 11.3 Å². The number of aliphatic hydroxyl groups is 2. The van der Waals surface area contributed by atoms with E-state index < -0.39 is 34.2 Å². The Balaban J connectivity index is 1.50. The van der Waals surface area contributed by atoms with Gasteiger partial charge in [-0.2, -0.15) is 8.42 Å². The Labute approximate surface area is 219 Å². The Morgan fingerprint density at radius 3 is 2.77 bits per heavy atom. The van der Waals surface area contributed by atoms with Gasteiger partial charge in [-0.3, -0.25) is 8.98 Å². The Hall–Kier alpha value is -1.68. The van der Waals surface area contributed by atoms with E-state index in [9.17, 15) is 23.4 Å². The molecule has 1 aliphatic carbocycles. The van der Waals surface area contributed by atoms with Gasteiger partial charge in [0, 0.05) is 28.6 Å². The van der Waals surface area contributed by atoms with E-state index >= 15 is 0 Å². The number of carbonyl (C=O) groups excluding carboxylic acids is 1. The number of rotatable bonds is 9. The predicted molar refractivity (Wildman–Crippen MR) is 133 cm³/mol. The first-order chi connectivity index (χ1) is 16.5. The lowest BCUT2D eigenvalue weighted by Crippen LogP contribution is -2.24. The van der Waals surface area contributed by atoms with E-state index in [1.165, 1.54) is 29.9 Å². The molecule has 1 aliphatic rings. The minimum absolute atomic E-state index is 0.185. The van der Waals surface area contributed by atoms with Crippen molar-refractivity contribution < 1.29 is 27.6 Å². The van der Waals surface area contributed by atoms with Gasteiger partial charge in [-0.15, -0.1) is 22.7 Å². The van der Waals surface area contributed by atoms with Crippen LogP contribution >= 0.6 is 45.9 Å². The highest BCUT2D eigenvalue weighted by atomic mass is 35.5. The van der Waals surface area contributed by atoms with E-state index in [-0.39, 0.29) is 33.2 Å². The summed E-state index contributed by atoms with van der Waals surface area (Å²) in [7, 11) is -4.11. The van der Waals surface area contributed by atoms with Gasteiger partial charge in [0.1, 0.15) is 18.2 Å². The monoisotopic (exact) mass is 578 g/mol. The van der Waals surface area contributed by atoms with Crippen molar-refractivity contribution in [1.82, 2.24) is 9.97 Å². The van der Waals surface area contributed by atoms with Crippen LogP contribution in [0.5, 0.6) is 0 Å². The van der Waals surface area contributed by atoms with Gasteiger partial charge in [-0.05, 0) is 31.0 Å². The van der Waals surface area contributed by atoms with E-state index in [1.54, 1.807) is 12.1 Å². The van der Waals surface area contributed by atoms with E-state index in [2.05, 4.69) is 19.5 Å². The molecule has 5 N–H and O–H groups in total. The van der Waals surface area contributed by atoms with Crippen LogP contribution in [0.15, 0.2) is 30.7 Å². The molecule has 0 saturated heterocycles. The third-order valence-electron chi connectivity index (χ3n) is 5.50. The molecule has 35 heavy (non-hydrogen) atoms. The molecule has 0 radical (unpaired) electrons. The molecule has 4 atom stereocenters. The topological polar surface area (TPSA) is 165 Å². The summed E-state index contributed by atoms with van der Waals surface area (Å²) in [5.41, 5.74) is 0.575. The molecule has 4 rings (SSSR count). The molecular weight excluding hydrogens is 559 g/mol. The molecule has 3 heterocycles. The quantitative estimate of drug-likeness (QED) is 0.279. The first-order valence-electron chi connectivity index (χ1n) is 10.2. The highest BCUT2D eigenvalue weighted by Gasteiger charge is 2.35. The van der Waals surface area contributed by atoms with Crippen LogP contribution in [0, 0.1) is 5.92 Å². The van der Waals surface area contributed by atoms with Crippen molar-refractivity contribution in [2.24, 2.45) is 11.1 Å². The average Bonchev–Trinajstić information content (AvgIpc) is 3.49. The molecule has 1 saturated carbocycles. The van der Waals surface area contributed by atoms with Gasteiger partial charge in [-0.25, -0.2) is 15.1 Å². The Kier molecular flexibility index (Phi) is 8.10. The number of anilines is 1. The average molecular weight is 580 g/mol. The third kappa shape index (κ3) is 6.37. The van der Waals surface area contributed by atoms with Gasteiger partial charge < -0.3 is 15.5 Å². The van der Waals surface area contributed by atoms with Crippen molar-refractivity contribution in [1.29, 1.82) is 0 Å². The second-order valence-corrected chi connectivity index (χ2v) is 12.5. The minimum Gasteiger partial charge on any atom is -0.393 e. The Morgan fingerprint density at radius 2 is 2.09 bits per heavy atom. The standard InChI is InChI=1S/C20H20Cl2N4O6S3/c21-16-2-1-14(33-16)17(28)11-5-15(34-19(11)22)18(29)12-6-24-8-25-20(12)26-10-3-9(13(27)4-10)7-32-35(23,30)31/h1-2,5-6,8-10,13,17,27-28H,3-4,7H2,(H2,23,30,31)(H,24,25,26)/t9-,10-,13+,17+/m1/s1. The Morgan fingerprint density at radius 1 is 1.31 bits per heavy atom.